The van der Waals surface area contributed by atoms with Crippen LogP contribution < -0.4 is 20.1 Å². The Morgan fingerprint density at radius 1 is 1.14 bits per heavy atom. The number of amides is 3. The molecule has 0 radical (unpaired) electrons. The Morgan fingerprint density at radius 2 is 1.83 bits per heavy atom. The first kappa shape index (κ1) is 28.7. The van der Waals surface area contributed by atoms with Crippen molar-refractivity contribution >= 4 is 23.5 Å². The third-order valence-electron chi connectivity index (χ3n) is 5.91. The van der Waals surface area contributed by atoms with Crippen molar-refractivity contribution in [3.8, 4) is 11.5 Å². The quantitative estimate of drug-likeness (QED) is 0.450. The molecule has 36 heavy (non-hydrogen) atoms. The van der Waals surface area contributed by atoms with Crippen LogP contribution in [0.1, 0.15) is 71.2 Å². The molecular weight excluding hydrogens is 464 g/mol. The third-order valence-corrected chi connectivity index (χ3v) is 5.91. The second-order valence-corrected chi connectivity index (χ2v) is 9.48. The van der Waals surface area contributed by atoms with Gasteiger partial charge in [0.25, 0.3) is 0 Å². The minimum absolute atomic E-state index is 0.0853. The molecule has 2 aromatic rings. The molecule has 0 aliphatic rings. The number of nitrogens with zero attached hydrogens (tertiary/aromatic N) is 2. The zero-order valence-electron chi connectivity index (χ0n) is 22.4. The molecule has 198 valence electrons. The van der Waals surface area contributed by atoms with Crippen molar-refractivity contribution in [2.75, 3.05) is 19.5 Å². The fourth-order valence-electron chi connectivity index (χ4n) is 3.75. The Balaban J connectivity index is 2.40. The molecule has 1 aromatic carbocycles. The fourth-order valence-corrected chi connectivity index (χ4v) is 3.75. The number of methoxy groups -OCH3 is 2. The van der Waals surface area contributed by atoms with Gasteiger partial charge in [-0.1, -0.05) is 24.2 Å². The Hall–Kier alpha value is -3.56. The van der Waals surface area contributed by atoms with E-state index < -0.39 is 11.6 Å². The number of hydrogen-bond donors (Lipinski definition) is 2. The van der Waals surface area contributed by atoms with Gasteiger partial charge in [-0.15, -0.1) is 0 Å². The average Bonchev–Trinajstić information content (AvgIpc) is 3.23. The molecule has 2 N–H and O–H groups in total. The maximum atomic E-state index is 13.7. The Labute approximate surface area is 212 Å². The van der Waals surface area contributed by atoms with Crippen molar-refractivity contribution in [1.82, 2.24) is 15.4 Å². The van der Waals surface area contributed by atoms with E-state index in [1.54, 1.807) is 31.2 Å². The SMILES string of the molecule is CCC(C)(C)NC(=O)[C@H](c1cccc(OC)c1OC)N(C(=O)CCC(=O)Nc1cc(C)on1)C(C)C. The van der Waals surface area contributed by atoms with Crippen LogP contribution in [0.3, 0.4) is 0 Å². The van der Waals surface area contributed by atoms with E-state index in [0.717, 1.165) is 0 Å². The van der Waals surface area contributed by atoms with E-state index >= 15 is 0 Å². The molecule has 0 fully saturated rings. The maximum absolute atomic E-state index is 13.7. The summed E-state index contributed by atoms with van der Waals surface area (Å²) < 4.78 is 16.0. The second kappa shape index (κ2) is 12.4. The Bertz CT molecular complexity index is 1060. The van der Waals surface area contributed by atoms with Crippen LogP contribution in [0, 0.1) is 6.92 Å². The lowest BCUT2D eigenvalue weighted by Gasteiger charge is -2.37. The van der Waals surface area contributed by atoms with Gasteiger partial charge < -0.3 is 29.5 Å². The minimum Gasteiger partial charge on any atom is -0.493 e. The Morgan fingerprint density at radius 3 is 2.36 bits per heavy atom. The summed E-state index contributed by atoms with van der Waals surface area (Å²) in [5.41, 5.74) is -0.00577. The standard InChI is InChI=1S/C26H38N4O6/c1-9-26(5,6)28-25(33)23(18-11-10-12-19(34-7)24(18)35-8)30(16(2)3)22(32)14-13-21(31)27-20-15-17(4)36-29-20/h10-12,15-16,23H,9,13-14H2,1-8H3,(H,28,33)(H,27,29,31)/t23-/m0/s1. The average molecular weight is 503 g/mol. The minimum atomic E-state index is -1.00. The van der Waals surface area contributed by atoms with Gasteiger partial charge in [-0.3, -0.25) is 14.4 Å². The van der Waals surface area contributed by atoms with Gasteiger partial charge in [0.1, 0.15) is 11.8 Å². The monoisotopic (exact) mass is 502 g/mol. The van der Waals surface area contributed by atoms with Crippen LogP contribution in [0.5, 0.6) is 11.5 Å². The first-order valence-electron chi connectivity index (χ1n) is 12.0. The number of para-hydroxylation sites is 1. The summed E-state index contributed by atoms with van der Waals surface area (Å²) in [6.07, 6.45) is 0.504. The van der Waals surface area contributed by atoms with Crippen molar-refractivity contribution in [2.45, 2.75) is 78.4 Å². The number of carbonyl (C=O) groups is 3. The highest BCUT2D eigenvalue weighted by Gasteiger charge is 2.37. The lowest BCUT2D eigenvalue weighted by Crippen LogP contribution is -2.52. The van der Waals surface area contributed by atoms with E-state index in [0.29, 0.717) is 29.2 Å². The van der Waals surface area contributed by atoms with Crippen molar-refractivity contribution in [3.05, 3.63) is 35.6 Å². The molecule has 2 rings (SSSR count). The van der Waals surface area contributed by atoms with Gasteiger partial charge in [-0.2, -0.15) is 0 Å². The summed E-state index contributed by atoms with van der Waals surface area (Å²) >= 11 is 0. The van der Waals surface area contributed by atoms with E-state index in [2.05, 4.69) is 15.8 Å². The topological polar surface area (TPSA) is 123 Å². The van der Waals surface area contributed by atoms with Crippen molar-refractivity contribution < 1.29 is 28.4 Å². The zero-order valence-corrected chi connectivity index (χ0v) is 22.4. The van der Waals surface area contributed by atoms with Crippen molar-refractivity contribution in [3.63, 3.8) is 0 Å². The van der Waals surface area contributed by atoms with Crippen LogP contribution >= 0.6 is 0 Å². The van der Waals surface area contributed by atoms with E-state index in [9.17, 15) is 14.4 Å². The maximum Gasteiger partial charge on any atom is 0.248 e. The molecule has 0 aliphatic heterocycles. The first-order chi connectivity index (χ1) is 16.9. The highest BCUT2D eigenvalue weighted by molar-refractivity contribution is 5.94. The molecule has 1 aromatic heterocycles. The van der Waals surface area contributed by atoms with Crippen LogP contribution in [0.25, 0.3) is 0 Å². The number of aromatic nitrogens is 1. The van der Waals surface area contributed by atoms with Crippen LogP contribution in [-0.2, 0) is 14.4 Å². The van der Waals surface area contributed by atoms with Gasteiger partial charge in [0, 0.05) is 36.1 Å². The smallest absolute Gasteiger partial charge is 0.248 e. The van der Waals surface area contributed by atoms with Gasteiger partial charge in [0.15, 0.2) is 17.3 Å². The van der Waals surface area contributed by atoms with Gasteiger partial charge in [0.2, 0.25) is 17.7 Å². The predicted molar refractivity (Wildman–Crippen MR) is 136 cm³/mol. The number of rotatable bonds is 12. The summed E-state index contributed by atoms with van der Waals surface area (Å²) in [6, 6.07) is 5.45. The van der Waals surface area contributed by atoms with E-state index in [1.807, 2.05) is 34.6 Å². The molecule has 0 aliphatic carbocycles. The summed E-state index contributed by atoms with van der Waals surface area (Å²) in [4.78, 5) is 41.1. The van der Waals surface area contributed by atoms with Gasteiger partial charge in [-0.25, -0.2) is 0 Å². The van der Waals surface area contributed by atoms with Crippen LogP contribution in [0.15, 0.2) is 28.8 Å². The van der Waals surface area contributed by atoms with E-state index in [-0.39, 0.29) is 42.4 Å². The van der Waals surface area contributed by atoms with Gasteiger partial charge >= 0.3 is 0 Å². The van der Waals surface area contributed by atoms with Crippen molar-refractivity contribution in [2.24, 2.45) is 0 Å². The molecule has 0 spiro atoms. The molecule has 0 unspecified atom stereocenters. The lowest BCUT2D eigenvalue weighted by molar-refractivity contribution is -0.144. The van der Waals surface area contributed by atoms with Crippen LogP contribution in [0.4, 0.5) is 5.82 Å². The molecule has 0 saturated heterocycles. The molecule has 3 amide bonds. The predicted octanol–water partition coefficient (Wildman–Crippen LogP) is 4.00. The number of anilines is 1. The molecule has 10 nitrogen and oxygen atoms in total. The first-order valence-corrected chi connectivity index (χ1v) is 12.0. The molecule has 0 bridgehead atoms. The van der Waals surface area contributed by atoms with E-state index in [1.165, 1.54) is 19.1 Å². The van der Waals surface area contributed by atoms with Crippen molar-refractivity contribution in [1.29, 1.82) is 0 Å². The largest absolute Gasteiger partial charge is 0.493 e. The summed E-state index contributed by atoms with van der Waals surface area (Å²) in [6.45, 7) is 11.2. The molecule has 10 heteroatoms. The molecule has 1 heterocycles. The summed E-state index contributed by atoms with van der Waals surface area (Å²) in [5.74, 6) is 0.573. The Kier molecular flexibility index (Phi) is 9.89. The molecular formula is C26H38N4O6. The summed E-state index contributed by atoms with van der Waals surface area (Å²) in [5, 5.41) is 9.40. The van der Waals surface area contributed by atoms with E-state index in [4.69, 9.17) is 14.0 Å². The number of aryl methyl sites for hydroxylation is 1. The number of hydrogen-bond acceptors (Lipinski definition) is 7. The number of carbonyl (C=O) groups excluding carboxylic acids is 3. The van der Waals surface area contributed by atoms with Gasteiger partial charge in [0.05, 0.1) is 14.2 Å². The molecule has 1 atom stereocenters. The number of ether oxygens (including phenoxy) is 2. The highest BCUT2D eigenvalue weighted by atomic mass is 16.5. The lowest BCUT2D eigenvalue weighted by atomic mass is 9.96. The third kappa shape index (κ3) is 7.22. The van der Waals surface area contributed by atoms with Gasteiger partial charge in [-0.05, 0) is 47.1 Å². The number of nitrogens with one attached hydrogen (secondary N) is 2. The second-order valence-electron chi connectivity index (χ2n) is 9.48. The highest BCUT2D eigenvalue weighted by Crippen LogP contribution is 2.38. The van der Waals surface area contributed by atoms with Crippen LogP contribution in [0.2, 0.25) is 0 Å². The molecule has 0 saturated carbocycles. The number of benzene rings is 1. The normalized spacial score (nSPS) is 12.1. The van der Waals surface area contributed by atoms with Crippen LogP contribution in [-0.4, -0.2) is 53.6 Å². The zero-order chi connectivity index (χ0) is 27.0. The summed E-state index contributed by atoms with van der Waals surface area (Å²) in [7, 11) is 3.00. The fraction of sp³-hybridized carbons (Fsp3) is 0.538.